The summed E-state index contributed by atoms with van der Waals surface area (Å²) in [6.45, 7) is 26.1. The normalized spacial score (nSPS) is 15.9. The standard InChI is InChI=1S/C25H52O9.C16H34O9/c1-18(26)10-28-20(3)12-30-22(5)14-32-24(7)16-34-25(8)17-33-23(6)15-31-21(4)13-29-19(2)11-27-9;17-1-3-19-5-7-21-9-11-23-13-15-25-16-14-24-12-10-22-8-6-20-4-2-18/h18-26H,10-17H2,1-9H3;17-18H,1-16H2. The average molecular weight is 867 g/mol. The first kappa shape index (κ1) is 60.4. The first-order valence-electron chi connectivity index (χ1n) is 21.2. The fraction of sp³-hybridized carbons (Fsp3) is 1.00. The fourth-order valence-corrected chi connectivity index (χ4v) is 4.22. The third kappa shape index (κ3) is 49.8. The molecule has 0 spiro atoms. The van der Waals surface area contributed by atoms with Crippen molar-refractivity contribution in [3.8, 4) is 0 Å². The molecule has 0 radical (unpaired) electrons. The first-order valence-corrected chi connectivity index (χ1v) is 21.2. The maximum atomic E-state index is 9.25. The van der Waals surface area contributed by atoms with E-state index in [1.165, 1.54) is 0 Å². The van der Waals surface area contributed by atoms with Crippen LogP contribution in [-0.4, -0.2) is 230 Å². The van der Waals surface area contributed by atoms with E-state index >= 15 is 0 Å². The Labute approximate surface area is 355 Å². The van der Waals surface area contributed by atoms with Crippen molar-refractivity contribution in [2.24, 2.45) is 0 Å². The van der Waals surface area contributed by atoms with Gasteiger partial charge in [0.2, 0.25) is 0 Å². The molecule has 0 saturated carbocycles. The molecular formula is C41H86O18. The highest BCUT2D eigenvalue weighted by atomic mass is 16.6. The third-order valence-corrected chi connectivity index (χ3v) is 7.42. The molecule has 0 saturated heterocycles. The summed E-state index contributed by atoms with van der Waals surface area (Å²) in [6.07, 6.45) is -0.714. The number of hydrogen-bond donors (Lipinski definition) is 3. The van der Waals surface area contributed by atoms with Gasteiger partial charge in [0, 0.05) is 7.11 Å². The Bertz CT molecular complexity index is 781. The lowest BCUT2D eigenvalue weighted by molar-refractivity contribution is -0.108. The number of aliphatic hydroxyl groups is 3. The van der Waals surface area contributed by atoms with Crippen LogP contribution in [0.25, 0.3) is 0 Å². The van der Waals surface area contributed by atoms with E-state index in [1.54, 1.807) is 14.0 Å². The van der Waals surface area contributed by atoms with Gasteiger partial charge in [0.1, 0.15) is 0 Å². The molecule has 18 nitrogen and oxygen atoms in total. The Morgan fingerprint density at radius 2 is 0.475 bits per heavy atom. The van der Waals surface area contributed by atoms with E-state index in [9.17, 15) is 5.11 Å². The topological polar surface area (TPSA) is 199 Å². The quantitative estimate of drug-likeness (QED) is 0.0750. The van der Waals surface area contributed by atoms with E-state index in [2.05, 4.69) is 0 Å². The Hall–Kier alpha value is -0.720. The molecule has 59 heavy (non-hydrogen) atoms. The predicted molar refractivity (Wildman–Crippen MR) is 221 cm³/mol. The summed E-state index contributed by atoms with van der Waals surface area (Å²) >= 11 is 0. The van der Waals surface area contributed by atoms with Crippen LogP contribution in [0.15, 0.2) is 0 Å². The van der Waals surface area contributed by atoms with Crippen molar-refractivity contribution < 1.29 is 86.4 Å². The van der Waals surface area contributed by atoms with Crippen molar-refractivity contribution in [2.75, 3.05) is 166 Å². The highest BCUT2D eigenvalue weighted by molar-refractivity contribution is 4.59. The van der Waals surface area contributed by atoms with E-state index < -0.39 is 6.10 Å². The van der Waals surface area contributed by atoms with Gasteiger partial charge in [-0.15, -0.1) is 0 Å². The van der Waals surface area contributed by atoms with Gasteiger partial charge in [0.25, 0.3) is 0 Å². The van der Waals surface area contributed by atoms with Crippen LogP contribution < -0.4 is 0 Å². The number of rotatable bonds is 45. The van der Waals surface area contributed by atoms with Crippen molar-refractivity contribution in [3.63, 3.8) is 0 Å². The van der Waals surface area contributed by atoms with Crippen LogP contribution in [0.1, 0.15) is 55.4 Å². The second kappa shape index (κ2) is 46.8. The zero-order valence-corrected chi connectivity index (χ0v) is 38.1. The van der Waals surface area contributed by atoms with Gasteiger partial charge >= 0.3 is 0 Å². The van der Waals surface area contributed by atoms with Crippen LogP contribution >= 0.6 is 0 Å². The third-order valence-electron chi connectivity index (χ3n) is 7.42. The molecule has 8 unspecified atom stereocenters. The molecule has 0 amide bonds. The molecule has 18 heteroatoms. The second-order valence-electron chi connectivity index (χ2n) is 14.0. The fourth-order valence-electron chi connectivity index (χ4n) is 4.22. The Balaban J connectivity index is 0. The van der Waals surface area contributed by atoms with Gasteiger partial charge in [-0.1, -0.05) is 0 Å². The van der Waals surface area contributed by atoms with Gasteiger partial charge in [-0.3, -0.25) is 0 Å². The SMILES string of the molecule is COCC(C)OCC(C)OCC(C)OCC(C)OCC(C)OCC(C)OCC(C)OCC(C)O.OCCOCCOCCOCCOCCOCCOCCOCCO. The highest BCUT2D eigenvalue weighted by Crippen LogP contribution is 2.05. The lowest BCUT2D eigenvalue weighted by Crippen LogP contribution is -2.30. The molecule has 0 aromatic heterocycles. The molecule has 0 fully saturated rings. The second-order valence-corrected chi connectivity index (χ2v) is 14.0. The van der Waals surface area contributed by atoms with Crippen LogP contribution in [0.3, 0.4) is 0 Å². The van der Waals surface area contributed by atoms with Crippen LogP contribution in [0.4, 0.5) is 0 Å². The summed E-state index contributed by atoms with van der Waals surface area (Å²) in [7, 11) is 1.66. The highest BCUT2D eigenvalue weighted by Gasteiger charge is 2.14. The summed E-state index contributed by atoms with van der Waals surface area (Å²) in [4.78, 5) is 0. The monoisotopic (exact) mass is 867 g/mol. The molecule has 0 aliphatic carbocycles. The van der Waals surface area contributed by atoms with E-state index in [4.69, 9.17) is 81.3 Å². The average Bonchev–Trinajstić information content (AvgIpc) is 3.22. The van der Waals surface area contributed by atoms with Crippen molar-refractivity contribution in [2.45, 2.75) is 104 Å². The van der Waals surface area contributed by atoms with Crippen LogP contribution in [0.2, 0.25) is 0 Å². The Morgan fingerprint density at radius 1 is 0.288 bits per heavy atom. The maximum Gasteiger partial charge on any atom is 0.0781 e. The van der Waals surface area contributed by atoms with Crippen LogP contribution in [0.5, 0.6) is 0 Å². The molecule has 358 valence electrons. The number of hydrogen-bond acceptors (Lipinski definition) is 18. The molecule has 0 aliphatic heterocycles. The van der Waals surface area contributed by atoms with Gasteiger partial charge in [-0.2, -0.15) is 0 Å². The summed E-state index contributed by atoms with van der Waals surface area (Å²) in [5.41, 5.74) is 0. The molecule has 0 bridgehead atoms. The van der Waals surface area contributed by atoms with Crippen molar-refractivity contribution in [1.29, 1.82) is 0 Å². The predicted octanol–water partition coefficient (Wildman–Crippen LogP) is 1.94. The Morgan fingerprint density at radius 3 is 0.661 bits per heavy atom. The van der Waals surface area contributed by atoms with E-state index in [-0.39, 0.29) is 55.9 Å². The number of methoxy groups -OCH3 is 1. The molecule has 3 N–H and O–H groups in total. The maximum absolute atomic E-state index is 9.25. The van der Waals surface area contributed by atoms with Gasteiger partial charge in [-0.05, 0) is 55.4 Å². The summed E-state index contributed by atoms with van der Waals surface area (Å²) in [6, 6.07) is 0. The Kier molecular flexibility index (Phi) is 47.9. The summed E-state index contributed by atoms with van der Waals surface area (Å²) in [5, 5.41) is 26.3. The molecule has 0 aromatic rings. The minimum Gasteiger partial charge on any atom is -0.394 e. The summed E-state index contributed by atoms with van der Waals surface area (Å²) in [5.74, 6) is 0. The van der Waals surface area contributed by atoms with E-state index in [1.807, 2.05) is 48.5 Å². The van der Waals surface area contributed by atoms with Gasteiger partial charge < -0.3 is 86.4 Å². The molecular weight excluding hydrogens is 780 g/mol. The molecule has 0 heterocycles. The van der Waals surface area contributed by atoms with Crippen molar-refractivity contribution in [1.82, 2.24) is 0 Å². The zero-order valence-electron chi connectivity index (χ0n) is 38.1. The van der Waals surface area contributed by atoms with Gasteiger partial charge in [0.15, 0.2) is 0 Å². The lowest BCUT2D eigenvalue weighted by Gasteiger charge is -2.23. The van der Waals surface area contributed by atoms with Gasteiger partial charge in [0.05, 0.1) is 207 Å². The van der Waals surface area contributed by atoms with Crippen LogP contribution in [0, 0.1) is 0 Å². The minimum atomic E-state index is -0.474. The van der Waals surface area contributed by atoms with Crippen molar-refractivity contribution >= 4 is 0 Å². The molecule has 0 rings (SSSR count). The van der Waals surface area contributed by atoms with Gasteiger partial charge in [-0.25, -0.2) is 0 Å². The molecule has 0 aromatic carbocycles. The van der Waals surface area contributed by atoms with Crippen LogP contribution in [-0.2, 0) is 71.1 Å². The molecule has 8 atom stereocenters. The number of aliphatic hydroxyl groups excluding tert-OH is 3. The first-order chi connectivity index (χ1) is 28.4. The van der Waals surface area contributed by atoms with Crippen molar-refractivity contribution in [3.05, 3.63) is 0 Å². The largest absolute Gasteiger partial charge is 0.394 e. The molecule has 0 aliphatic rings. The number of ether oxygens (including phenoxy) is 15. The minimum absolute atomic E-state index is 0.0108. The smallest absolute Gasteiger partial charge is 0.0781 e. The zero-order chi connectivity index (χ0) is 44.2. The summed E-state index contributed by atoms with van der Waals surface area (Å²) < 4.78 is 81.9. The lowest BCUT2D eigenvalue weighted by atomic mass is 10.3. The van der Waals surface area contributed by atoms with E-state index in [0.29, 0.717) is 145 Å². The van der Waals surface area contributed by atoms with E-state index in [0.717, 1.165) is 0 Å².